The quantitative estimate of drug-likeness (QED) is 0.573. The molecule has 0 saturated carbocycles. The second-order valence-electron chi connectivity index (χ2n) is 11.3. The average Bonchev–Trinajstić information content (AvgIpc) is 2.96. The van der Waals surface area contributed by atoms with Crippen molar-refractivity contribution < 1.29 is 23.5 Å². The highest BCUT2D eigenvalue weighted by atomic mass is 19.1. The van der Waals surface area contributed by atoms with Gasteiger partial charge in [0.15, 0.2) is 0 Å². The number of piperidine rings is 1. The molecule has 3 aliphatic heterocycles. The summed E-state index contributed by atoms with van der Waals surface area (Å²) < 4.78 is 19.2. The Bertz CT molecular complexity index is 1230. The van der Waals surface area contributed by atoms with E-state index in [1.54, 1.807) is 12.1 Å². The van der Waals surface area contributed by atoms with E-state index >= 15 is 0 Å². The predicted molar refractivity (Wildman–Crippen MR) is 150 cm³/mol. The zero-order valence-corrected chi connectivity index (χ0v) is 22.8. The second-order valence-corrected chi connectivity index (χ2v) is 11.3. The van der Waals surface area contributed by atoms with Crippen LogP contribution in [0.4, 0.5) is 4.39 Å². The number of benzene rings is 2. The third-order valence-electron chi connectivity index (χ3n) is 8.61. The number of amides is 3. The molecular weight excluding hydrogens is 509 g/mol. The molecule has 0 unspecified atom stereocenters. The minimum Gasteiger partial charge on any atom is -0.381 e. The van der Waals surface area contributed by atoms with Gasteiger partial charge in [0.05, 0.1) is 11.8 Å². The largest absolute Gasteiger partial charge is 0.381 e. The summed E-state index contributed by atoms with van der Waals surface area (Å²) in [4.78, 5) is 42.3. The zero-order valence-electron chi connectivity index (χ0n) is 22.8. The van der Waals surface area contributed by atoms with Crippen molar-refractivity contribution in [2.24, 2.45) is 11.3 Å². The van der Waals surface area contributed by atoms with Crippen molar-refractivity contribution in [2.75, 3.05) is 26.3 Å². The lowest BCUT2D eigenvalue weighted by Crippen LogP contribution is -2.58. The standard InChI is InChI=1S/C32H38FN3O4/c33-26-11-6-9-24(19-26)21-29(37)36-16-12-27-25(22-36)10-4-5-13-32(14-17-40-18-15-32)31(39)35-28(30(38)34-27)20-23-7-2-1-3-8-23/h1-9,11,19,25,27-28H,10,12-18,20-22H2,(H,34,38)(H,35,39)/b5-4+/t25-,27+,28-/m1/s1. The van der Waals surface area contributed by atoms with Crippen LogP contribution in [-0.2, 0) is 32.0 Å². The molecule has 3 aliphatic rings. The van der Waals surface area contributed by atoms with E-state index in [0.717, 1.165) is 5.56 Å². The summed E-state index contributed by atoms with van der Waals surface area (Å²) in [7, 11) is 0. The van der Waals surface area contributed by atoms with E-state index in [2.05, 4.69) is 22.8 Å². The van der Waals surface area contributed by atoms with Crippen LogP contribution in [0.1, 0.15) is 43.2 Å². The molecule has 3 heterocycles. The van der Waals surface area contributed by atoms with Gasteiger partial charge < -0.3 is 20.3 Å². The van der Waals surface area contributed by atoms with Gasteiger partial charge in [0.1, 0.15) is 11.9 Å². The van der Waals surface area contributed by atoms with Gasteiger partial charge >= 0.3 is 0 Å². The number of carbonyl (C=O) groups excluding carboxylic acids is 3. The molecule has 2 fully saturated rings. The van der Waals surface area contributed by atoms with Crippen LogP contribution < -0.4 is 10.6 Å². The molecule has 1 spiro atoms. The van der Waals surface area contributed by atoms with Gasteiger partial charge in [0.2, 0.25) is 17.7 Å². The normalized spacial score (nSPS) is 26.0. The van der Waals surface area contributed by atoms with Crippen LogP contribution in [0, 0.1) is 17.2 Å². The summed E-state index contributed by atoms with van der Waals surface area (Å²) in [6.45, 7) is 2.06. The number of nitrogens with one attached hydrogen (secondary N) is 2. The van der Waals surface area contributed by atoms with Crippen molar-refractivity contribution >= 4 is 17.7 Å². The topological polar surface area (TPSA) is 87.7 Å². The van der Waals surface area contributed by atoms with Gasteiger partial charge in [-0.1, -0.05) is 54.6 Å². The zero-order chi connectivity index (χ0) is 28.0. The Morgan fingerprint density at radius 1 is 1.00 bits per heavy atom. The maximum absolute atomic E-state index is 13.7. The van der Waals surface area contributed by atoms with Crippen LogP contribution >= 0.6 is 0 Å². The Labute approximate surface area is 235 Å². The molecule has 0 aliphatic carbocycles. The summed E-state index contributed by atoms with van der Waals surface area (Å²) in [5, 5.41) is 6.35. The van der Waals surface area contributed by atoms with Crippen molar-refractivity contribution in [3.05, 3.63) is 83.7 Å². The van der Waals surface area contributed by atoms with Gasteiger partial charge in [-0.25, -0.2) is 4.39 Å². The molecule has 2 aromatic carbocycles. The fourth-order valence-corrected chi connectivity index (χ4v) is 6.14. The van der Waals surface area contributed by atoms with E-state index in [0.29, 0.717) is 70.4 Å². The SMILES string of the molecule is O=C1N[C@H]2CCN(C(=O)Cc3cccc(F)c3)C[C@H]2C/C=C/CC2(CCOCC2)C(=O)N[C@@H]1Cc1ccccc1. The third-order valence-corrected chi connectivity index (χ3v) is 8.61. The Kier molecular flexibility index (Phi) is 8.94. The fourth-order valence-electron chi connectivity index (χ4n) is 6.14. The average molecular weight is 548 g/mol. The molecule has 40 heavy (non-hydrogen) atoms. The molecule has 8 heteroatoms. The number of ether oxygens (including phenoxy) is 1. The van der Waals surface area contributed by atoms with Crippen LogP contribution in [0.15, 0.2) is 66.7 Å². The third kappa shape index (κ3) is 6.78. The molecule has 212 valence electrons. The number of allylic oxidation sites excluding steroid dienone is 2. The molecular formula is C32H38FN3O4. The monoisotopic (exact) mass is 547 g/mol. The molecule has 3 atom stereocenters. The summed E-state index contributed by atoms with van der Waals surface area (Å²) in [6, 6.07) is 15.1. The molecule has 2 N–H and O–H groups in total. The number of halogens is 1. The highest BCUT2D eigenvalue weighted by Gasteiger charge is 2.41. The van der Waals surface area contributed by atoms with Crippen molar-refractivity contribution in [3.8, 4) is 0 Å². The summed E-state index contributed by atoms with van der Waals surface area (Å²) >= 11 is 0. The first-order chi connectivity index (χ1) is 19.4. The molecule has 0 radical (unpaired) electrons. The second kappa shape index (κ2) is 12.8. The molecule has 2 aromatic rings. The minimum absolute atomic E-state index is 0.0311. The van der Waals surface area contributed by atoms with Gasteiger partial charge in [-0.05, 0) is 55.4 Å². The Morgan fingerprint density at radius 3 is 2.55 bits per heavy atom. The summed E-state index contributed by atoms with van der Waals surface area (Å²) in [5.74, 6) is -0.648. The van der Waals surface area contributed by atoms with E-state index in [-0.39, 0.29) is 41.9 Å². The van der Waals surface area contributed by atoms with Crippen LogP contribution in [0.3, 0.4) is 0 Å². The molecule has 0 aromatic heterocycles. The molecule has 3 amide bonds. The number of hydrogen-bond acceptors (Lipinski definition) is 4. The highest BCUT2D eigenvalue weighted by molar-refractivity contribution is 5.90. The van der Waals surface area contributed by atoms with Crippen molar-refractivity contribution in [2.45, 2.75) is 57.0 Å². The van der Waals surface area contributed by atoms with E-state index < -0.39 is 11.5 Å². The van der Waals surface area contributed by atoms with E-state index in [4.69, 9.17) is 4.74 Å². The highest BCUT2D eigenvalue weighted by Crippen LogP contribution is 2.36. The van der Waals surface area contributed by atoms with Gasteiger partial charge in [-0.2, -0.15) is 0 Å². The van der Waals surface area contributed by atoms with E-state index in [9.17, 15) is 18.8 Å². The Morgan fingerprint density at radius 2 is 1.77 bits per heavy atom. The van der Waals surface area contributed by atoms with Crippen molar-refractivity contribution in [3.63, 3.8) is 0 Å². The van der Waals surface area contributed by atoms with Gasteiger partial charge in [0, 0.05) is 44.7 Å². The number of hydrogen-bond donors (Lipinski definition) is 2. The molecule has 7 nitrogen and oxygen atoms in total. The van der Waals surface area contributed by atoms with E-state index in [1.165, 1.54) is 12.1 Å². The minimum atomic E-state index is -0.702. The van der Waals surface area contributed by atoms with Crippen molar-refractivity contribution in [1.29, 1.82) is 0 Å². The maximum Gasteiger partial charge on any atom is 0.243 e. The number of likely N-dealkylation sites (tertiary alicyclic amines) is 1. The Balaban J connectivity index is 1.35. The molecule has 5 rings (SSSR count). The predicted octanol–water partition coefficient (Wildman–Crippen LogP) is 3.58. The van der Waals surface area contributed by atoms with Crippen LogP contribution in [-0.4, -0.2) is 61.0 Å². The smallest absolute Gasteiger partial charge is 0.243 e. The number of rotatable bonds is 4. The van der Waals surface area contributed by atoms with Crippen LogP contribution in [0.5, 0.6) is 0 Å². The lowest BCUT2D eigenvalue weighted by atomic mass is 9.75. The van der Waals surface area contributed by atoms with Gasteiger partial charge in [-0.3, -0.25) is 14.4 Å². The molecule has 2 saturated heterocycles. The van der Waals surface area contributed by atoms with E-state index in [1.807, 2.05) is 35.2 Å². The van der Waals surface area contributed by atoms with Gasteiger partial charge in [0.25, 0.3) is 0 Å². The van der Waals surface area contributed by atoms with Crippen molar-refractivity contribution in [1.82, 2.24) is 15.5 Å². The fraction of sp³-hybridized carbons (Fsp3) is 0.469. The lowest BCUT2D eigenvalue weighted by molar-refractivity contribution is -0.140. The Hall–Kier alpha value is -3.52. The number of fused-ring (bicyclic) bond motifs is 1. The molecule has 0 bridgehead atoms. The number of carbonyl (C=O) groups is 3. The summed E-state index contributed by atoms with van der Waals surface area (Å²) in [6.07, 6.45) is 7.83. The summed E-state index contributed by atoms with van der Waals surface area (Å²) in [5.41, 5.74) is 1.02. The first kappa shape index (κ1) is 28.0. The number of nitrogens with zero attached hydrogens (tertiary/aromatic N) is 1. The van der Waals surface area contributed by atoms with Crippen LogP contribution in [0.25, 0.3) is 0 Å². The first-order valence-electron chi connectivity index (χ1n) is 14.3. The van der Waals surface area contributed by atoms with Gasteiger partial charge in [-0.15, -0.1) is 0 Å². The first-order valence-corrected chi connectivity index (χ1v) is 14.3. The van der Waals surface area contributed by atoms with Crippen LogP contribution in [0.2, 0.25) is 0 Å². The maximum atomic E-state index is 13.7. The lowest BCUT2D eigenvalue weighted by Gasteiger charge is -2.40.